The molecule has 4 rings (SSSR count). The van der Waals surface area contributed by atoms with E-state index >= 15 is 0 Å². The van der Waals surface area contributed by atoms with E-state index in [1.165, 1.54) is 29.5 Å². The molecule has 2 aromatic carbocycles. The van der Waals surface area contributed by atoms with Crippen LogP contribution in [0.1, 0.15) is 35.1 Å². The zero-order chi connectivity index (χ0) is 19.3. The molecule has 2 aliphatic rings. The van der Waals surface area contributed by atoms with E-state index in [1.54, 1.807) is 0 Å². The number of hydrogen-bond donors (Lipinski definition) is 2. The second-order valence-electron chi connectivity index (χ2n) is 7.82. The molecule has 2 aromatic rings. The van der Waals surface area contributed by atoms with E-state index in [-0.39, 0.29) is 24.0 Å². The highest BCUT2D eigenvalue weighted by molar-refractivity contribution is 14.0. The van der Waals surface area contributed by atoms with E-state index < -0.39 is 0 Å². The number of anilines is 1. The minimum atomic E-state index is 0. The summed E-state index contributed by atoms with van der Waals surface area (Å²) in [4.78, 5) is 4.53. The summed E-state index contributed by atoms with van der Waals surface area (Å²) in [5.41, 5.74) is 12.2. The molecule has 1 atom stereocenters. The molecule has 3 N–H and O–H groups in total. The van der Waals surface area contributed by atoms with Crippen molar-refractivity contribution in [2.24, 2.45) is 16.6 Å². The summed E-state index contributed by atoms with van der Waals surface area (Å²) in [6.07, 6.45) is 4.64. The average molecular weight is 507 g/mol. The largest absolute Gasteiger partial charge is 0.493 e. The van der Waals surface area contributed by atoms with Gasteiger partial charge < -0.3 is 20.5 Å². The normalized spacial score (nSPS) is 18.2. The summed E-state index contributed by atoms with van der Waals surface area (Å²) in [7, 11) is 0. The van der Waals surface area contributed by atoms with Crippen LogP contribution in [-0.2, 0) is 24.1 Å². The number of hydrogen-bond acceptors (Lipinski definition) is 3. The van der Waals surface area contributed by atoms with Crippen LogP contribution in [-0.4, -0.2) is 25.8 Å². The third kappa shape index (κ3) is 5.85. The standard InChI is InChI=1S/C23H29N3O2.HI/c1-16-5-6-20(22(11-16)28-15-17-9-10-27-14-17)13-25-23(24)26-21-8-7-18-3-2-4-19(18)12-21;/h5-8,11-12,17H,2-4,9-10,13-15H2,1H3,(H3,24,25,26);1H. The van der Waals surface area contributed by atoms with E-state index in [1.807, 2.05) is 0 Å². The maximum atomic E-state index is 6.13. The monoisotopic (exact) mass is 507 g/mol. The SMILES string of the molecule is Cc1ccc(CN=C(N)Nc2ccc3c(c2)CCC3)c(OCC2CCOC2)c1.I. The van der Waals surface area contributed by atoms with Crippen molar-refractivity contribution in [3.05, 3.63) is 58.7 Å². The lowest BCUT2D eigenvalue weighted by atomic mass is 10.1. The van der Waals surface area contributed by atoms with E-state index in [4.69, 9.17) is 15.2 Å². The lowest BCUT2D eigenvalue weighted by molar-refractivity contribution is 0.166. The molecule has 156 valence electrons. The number of nitrogens with zero attached hydrogens (tertiary/aromatic N) is 1. The Kier molecular flexibility index (Phi) is 7.77. The molecule has 0 bridgehead atoms. The van der Waals surface area contributed by atoms with Gasteiger partial charge in [-0.3, -0.25) is 0 Å². The second kappa shape index (κ2) is 10.3. The van der Waals surface area contributed by atoms with Crippen molar-refractivity contribution >= 4 is 35.6 Å². The summed E-state index contributed by atoms with van der Waals surface area (Å²) in [5.74, 6) is 1.79. The van der Waals surface area contributed by atoms with Crippen LogP contribution in [0.2, 0.25) is 0 Å². The number of halogens is 1. The highest BCUT2D eigenvalue weighted by atomic mass is 127. The molecule has 1 heterocycles. The predicted molar refractivity (Wildman–Crippen MR) is 128 cm³/mol. The molecule has 1 aliphatic carbocycles. The fraction of sp³-hybridized carbons (Fsp3) is 0.435. The Morgan fingerprint density at radius 2 is 2.07 bits per heavy atom. The smallest absolute Gasteiger partial charge is 0.193 e. The lowest BCUT2D eigenvalue weighted by Gasteiger charge is -2.14. The van der Waals surface area contributed by atoms with Gasteiger partial charge in [0.2, 0.25) is 0 Å². The van der Waals surface area contributed by atoms with Crippen LogP contribution in [0.4, 0.5) is 5.69 Å². The van der Waals surface area contributed by atoms with Gasteiger partial charge in [-0.25, -0.2) is 4.99 Å². The highest BCUT2D eigenvalue weighted by Crippen LogP contribution is 2.25. The fourth-order valence-corrected chi connectivity index (χ4v) is 3.86. The van der Waals surface area contributed by atoms with Gasteiger partial charge in [-0.15, -0.1) is 24.0 Å². The van der Waals surface area contributed by atoms with Gasteiger partial charge >= 0.3 is 0 Å². The number of nitrogens with two attached hydrogens (primary N) is 1. The van der Waals surface area contributed by atoms with E-state index in [2.05, 4.69) is 53.6 Å². The van der Waals surface area contributed by atoms with Crippen molar-refractivity contribution in [3.63, 3.8) is 0 Å². The predicted octanol–water partition coefficient (Wildman–Crippen LogP) is 4.44. The number of guanidine groups is 1. The minimum absolute atomic E-state index is 0. The van der Waals surface area contributed by atoms with Crippen LogP contribution in [0.25, 0.3) is 0 Å². The zero-order valence-corrected chi connectivity index (χ0v) is 19.3. The first-order chi connectivity index (χ1) is 13.7. The van der Waals surface area contributed by atoms with Crippen LogP contribution < -0.4 is 15.8 Å². The number of fused-ring (bicyclic) bond motifs is 1. The van der Waals surface area contributed by atoms with Crippen molar-refractivity contribution in [3.8, 4) is 5.75 Å². The maximum absolute atomic E-state index is 6.13. The minimum Gasteiger partial charge on any atom is -0.493 e. The van der Waals surface area contributed by atoms with Crippen molar-refractivity contribution in [1.29, 1.82) is 0 Å². The molecular formula is C23H30IN3O2. The number of aliphatic imine (C=N–C) groups is 1. The molecule has 1 unspecified atom stereocenters. The van der Waals surface area contributed by atoms with Gasteiger partial charge in [0.05, 0.1) is 19.8 Å². The van der Waals surface area contributed by atoms with Crippen LogP contribution >= 0.6 is 24.0 Å². The second-order valence-corrected chi connectivity index (χ2v) is 7.82. The van der Waals surface area contributed by atoms with Gasteiger partial charge in [-0.05, 0) is 67.5 Å². The summed E-state index contributed by atoms with van der Waals surface area (Å²) < 4.78 is 11.5. The van der Waals surface area contributed by atoms with Gasteiger partial charge in [0.15, 0.2) is 5.96 Å². The molecule has 0 spiro atoms. The first kappa shape index (κ1) is 21.9. The topological polar surface area (TPSA) is 68.9 Å². The first-order valence-electron chi connectivity index (χ1n) is 10.2. The number of nitrogens with one attached hydrogen (secondary N) is 1. The Morgan fingerprint density at radius 3 is 2.90 bits per heavy atom. The lowest BCUT2D eigenvalue weighted by Crippen LogP contribution is -2.22. The molecule has 1 saturated heterocycles. The molecule has 0 amide bonds. The summed E-state index contributed by atoms with van der Waals surface area (Å²) in [5, 5.41) is 3.22. The van der Waals surface area contributed by atoms with Crippen molar-refractivity contribution in [2.75, 3.05) is 25.1 Å². The quantitative estimate of drug-likeness (QED) is 0.345. The summed E-state index contributed by atoms with van der Waals surface area (Å²) in [6, 6.07) is 12.7. The number of aryl methyl sites for hydroxylation is 3. The number of ether oxygens (including phenoxy) is 2. The molecule has 29 heavy (non-hydrogen) atoms. The van der Waals surface area contributed by atoms with Crippen LogP contribution in [0.5, 0.6) is 5.75 Å². The summed E-state index contributed by atoms with van der Waals surface area (Å²) >= 11 is 0. The number of rotatable bonds is 6. The van der Waals surface area contributed by atoms with Gasteiger partial charge in [0.1, 0.15) is 5.75 Å². The van der Waals surface area contributed by atoms with Crippen LogP contribution in [0.15, 0.2) is 41.4 Å². The Hall–Kier alpha value is -1.80. The molecule has 1 aliphatic heterocycles. The van der Waals surface area contributed by atoms with Gasteiger partial charge in [0, 0.05) is 23.8 Å². The van der Waals surface area contributed by atoms with Crippen molar-refractivity contribution < 1.29 is 9.47 Å². The van der Waals surface area contributed by atoms with Crippen molar-refractivity contribution in [1.82, 2.24) is 0 Å². The van der Waals surface area contributed by atoms with E-state index in [0.717, 1.165) is 43.1 Å². The van der Waals surface area contributed by atoms with Gasteiger partial charge in [0.25, 0.3) is 0 Å². The zero-order valence-electron chi connectivity index (χ0n) is 16.9. The molecule has 1 fully saturated rings. The third-order valence-corrected chi connectivity index (χ3v) is 5.51. The summed E-state index contributed by atoms with van der Waals surface area (Å²) in [6.45, 7) is 4.87. The van der Waals surface area contributed by atoms with Crippen molar-refractivity contribution in [2.45, 2.75) is 39.2 Å². The molecule has 0 radical (unpaired) electrons. The van der Waals surface area contributed by atoms with Crippen LogP contribution in [0.3, 0.4) is 0 Å². The molecule has 0 saturated carbocycles. The average Bonchev–Trinajstić information content (AvgIpc) is 3.37. The Bertz CT molecular complexity index is 863. The molecule has 5 nitrogen and oxygen atoms in total. The fourth-order valence-electron chi connectivity index (χ4n) is 3.86. The Labute approximate surface area is 190 Å². The van der Waals surface area contributed by atoms with Gasteiger partial charge in [-0.1, -0.05) is 18.2 Å². The first-order valence-corrected chi connectivity index (χ1v) is 10.2. The van der Waals surface area contributed by atoms with Gasteiger partial charge in [-0.2, -0.15) is 0 Å². The van der Waals surface area contributed by atoms with E-state index in [0.29, 0.717) is 25.0 Å². The van der Waals surface area contributed by atoms with Crippen LogP contribution in [0, 0.1) is 12.8 Å². The maximum Gasteiger partial charge on any atom is 0.193 e. The third-order valence-electron chi connectivity index (χ3n) is 5.51. The highest BCUT2D eigenvalue weighted by Gasteiger charge is 2.17. The Morgan fingerprint density at radius 1 is 1.21 bits per heavy atom. The number of benzene rings is 2. The molecule has 0 aromatic heterocycles. The Balaban J connectivity index is 0.00000240. The molecular weight excluding hydrogens is 477 g/mol. The molecule has 6 heteroatoms. The van der Waals surface area contributed by atoms with E-state index in [9.17, 15) is 0 Å².